The normalized spacial score (nSPS) is 13.8. The summed E-state index contributed by atoms with van der Waals surface area (Å²) in [6, 6.07) is 0. The van der Waals surface area contributed by atoms with Crippen molar-refractivity contribution in [3.63, 3.8) is 0 Å². The molecule has 0 atom stereocenters. The summed E-state index contributed by atoms with van der Waals surface area (Å²) < 4.78 is 4.46. The van der Waals surface area contributed by atoms with Crippen LogP contribution < -0.4 is 0 Å². The van der Waals surface area contributed by atoms with Gasteiger partial charge in [0.1, 0.15) is 0 Å². The van der Waals surface area contributed by atoms with E-state index in [1.54, 1.807) is 6.92 Å². The molecule has 0 N–H and O–H groups in total. The SMILES string of the molecule is COC(=O)/C(C)=C(\C)C(C)(C)Br. The Morgan fingerprint density at radius 3 is 2.00 bits per heavy atom. The molecule has 0 rings (SSSR count). The van der Waals surface area contributed by atoms with Gasteiger partial charge in [0.15, 0.2) is 0 Å². The van der Waals surface area contributed by atoms with Crippen molar-refractivity contribution < 1.29 is 9.53 Å². The van der Waals surface area contributed by atoms with Crippen LogP contribution in [-0.2, 0) is 9.53 Å². The molecule has 0 aliphatic heterocycles. The lowest BCUT2D eigenvalue weighted by Crippen LogP contribution is -2.16. The van der Waals surface area contributed by atoms with E-state index < -0.39 is 0 Å². The molecule has 0 aliphatic carbocycles. The summed E-state index contributed by atoms with van der Waals surface area (Å²) in [6.07, 6.45) is 0. The second kappa shape index (κ2) is 4.08. The number of esters is 1. The van der Waals surface area contributed by atoms with Gasteiger partial charge in [0, 0.05) is 9.90 Å². The summed E-state index contributed by atoms with van der Waals surface area (Å²) in [4.78, 5) is 11.1. The smallest absolute Gasteiger partial charge is 0.333 e. The highest BCUT2D eigenvalue weighted by molar-refractivity contribution is 9.10. The molecule has 0 spiro atoms. The molecule has 0 heterocycles. The first-order valence-electron chi connectivity index (χ1n) is 3.76. The molecule has 3 heteroatoms. The fraction of sp³-hybridized carbons (Fsp3) is 0.667. The van der Waals surface area contributed by atoms with Crippen LogP contribution in [0.4, 0.5) is 0 Å². The van der Waals surface area contributed by atoms with Gasteiger partial charge in [0.25, 0.3) is 0 Å². The Labute approximate surface area is 82.1 Å². The van der Waals surface area contributed by atoms with E-state index >= 15 is 0 Å². The molecule has 0 aromatic heterocycles. The molecular weight excluding hydrogens is 220 g/mol. The van der Waals surface area contributed by atoms with Gasteiger partial charge in [-0.3, -0.25) is 0 Å². The lowest BCUT2D eigenvalue weighted by molar-refractivity contribution is -0.136. The van der Waals surface area contributed by atoms with Crippen LogP contribution in [0.3, 0.4) is 0 Å². The minimum atomic E-state index is -0.264. The first-order chi connectivity index (χ1) is 5.30. The maximum atomic E-state index is 11.1. The highest BCUT2D eigenvalue weighted by Gasteiger charge is 2.20. The van der Waals surface area contributed by atoms with Gasteiger partial charge in [-0.2, -0.15) is 0 Å². The first-order valence-corrected chi connectivity index (χ1v) is 4.55. The first kappa shape index (κ1) is 11.7. The van der Waals surface area contributed by atoms with Crippen molar-refractivity contribution in [3.05, 3.63) is 11.1 Å². The number of carbonyl (C=O) groups excluding carboxylic acids is 1. The molecule has 12 heavy (non-hydrogen) atoms. The largest absolute Gasteiger partial charge is 0.466 e. The summed E-state index contributed by atoms with van der Waals surface area (Å²) in [7, 11) is 1.39. The summed E-state index contributed by atoms with van der Waals surface area (Å²) in [5.74, 6) is -0.264. The Bertz CT molecular complexity index is 211. The van der Waals surface area contributed by atoms with Crippen molar-refractivity contribution in [2.24, 2.45) is 0 Å². The van der Waals surface area contributed by atoms with Gasteiger partial charge >= 0.3 is 5.97 Å². The van der Waals surface area contributed by atoms with E-state index in [2.05, 4.69) is 20.7 Å². The number of alkyl halides is 1. The molecule has 0 amide bonds. The van der Waals surface area contributed by atoms with Crippen molar-refractivity contribution >= 4 is 21.9 Å². The average molecular weight is 235 g/mol. The van der Waals surface area contributed by atoms with Crippen LogP contribution in [0.1, 0.15) is 27.7 Å². The predicted octanol–water partition coefficient (Wildman–Crippen LogP) is 2.67. The van der Waals surface area contributed by atoms with E-state index in [9.17, 15) is 4.79 Å². The summed E-state index contributed by atoms with van der Waals surface area (Å²) in [5.41, 5.74) is 1.66. The summed E-state index contributed by atoms with van der Waals surface area (Å²) in [5, 5.41) is 0. The second-order valence-electron chi connectivity index (χ2n) is 3.21. The van der Waals surface area contributed by atoms with E-state index in [1.807, 2.05) is 20.8 Å². The van der Waals surface area contributed by atoms with Crippen LogP contribution in [0.5, 0.6) is 0 Å². The molecule has 0 saturated heterocycles. The molecule has 0 saturated carbocycles. The quantitative estimate of drug-likeness (QED) is 0.418. The minimum absolute atomic E-state index is 0.148. The Balaban J connectivity index is 4.82. The lowest BCUT2D eigenvalue weighted by Gasteiger charge is -2.19. The standard InChI is InChI=1S/C9H15BrO2/c1-6(8(11)12-5)7(2)9(3,4)10/h1-5H3/b7-6+. The Morgan fingerprint density at radius 1 is 1.33 bits per heavy atom. The van der Waals surface area contributed by atoms with E-state index in [0.29, 0.717) is 5.57 Å². The van der Waals surface area contributed by atoms with Crippen LogP contribution in [-0.4, -0.2) is 17.4 Å². The zero-order valence-electron chi connectivity index (χ0n) is 8.19. The van der Waals surface area contributed by atoms with Gasteiger partial charge < -0.3 is 4.74 Å². The zero-order chi connectivity index (χ0) is 9.94. The van der Waals surface area contributed by atoms with Crippen LogP contribution >= 0.6 is 15.9 Å². The topological polar surface area (TPSA) is 26.3 Å². The van der Waals surface area contributed by atoms with E-state index in [0.717, 1.165) is 5.57 Å². The third kappa shape index (κ3) is 2.97. The number of ether oxygens (including phenoxy) is 1. The molecular formula is C9H15BrO2. The van der Waals surface area contributed by atoms with Crippen LogP contribution in [0.25, 0.3) is 0 Å². The van der Waals surface area contributed by atoms with Gasteiger partial charge in [-0.1, -0.05) is 15.9 Å². The number of carbonyl (C=O) groups is 1. The molecule has 0 radical (unpaired) electrons. The van der Waals surface area contributed by atoms with Gasteiger partial charge in [0.05, 0.1) is 7.11 Å². The van der Waals surface area contributed by atoms with Gasteiger partial charge in [-0.25, -0.2) is 4.79 Å². The highest BCUT2D eigenvalue weighted by atomic mass is 79.9. The number of rotatable bonds is 2. The van der Waals surface area contributed by atoms with Crippen molar-refractivity contribution in [1.82, 2.24) is 0 Å². The molecule has 0 aromatic rings. The summed E-state index contributed by atoms with van der Waals surface area (Å²) >= 11 is 3.48. The number of methoxy groups -OCH3 is 1. The minimum Gasteiger partial charge on any atom is -0.466 e. The van der Waals surface area contributed by atoms with Gasteiger partial charge in [-0.05, 0) is 33.3 Å². The Kier molecular flexibility index (Phi) is 3.97. The molecule has 0 unspecified atom stereocenters. The fourth-order valence-corrected chi connectivity index (χ4v) is 1.05. The third-order valence-electron chi connectivity index (χ3n) is 1.95. The van der Waals surface area contributed by atoms with Crippen LogP contribution in [0.15, 0.2) is 11.1 Å². The molecule has 0 aliphatic rings. The average Bonchev–Trinajstić information content (AvgIpc) is 1.98. The maximum Gasteiger partial charge on any atom is 0.333 e. The maximum absolute atomic E-state index is 11.1. The molecule has 2 nitrogen and oxygen atoms in total. The molecule has 0 aromatic carbocycles. The second-order valence-corrected chi connectivity index (χ2v) is 5.20. The van der Waals surface area contributed by atoms with Crippen molar-refractivity contribution in [2.45, 2.75) is 32.0 Å². The van der Waals surface area contributed by atoms with Crippen LogP contribution in [0.2, 0.25) is 0 Å². The van der Waals surface area contributed by atoms with E-state index in [1.165, 1.54) is 7.11 Å². The van der Waals surface area contributed by atoms with E-state index in [-0.39, 0.29) is 10.3 Å². The third-order valence-corrected chi connectivity index (χ3v) is 2.54. The number of allylic oxidation sites excluding steroid dienone is 1. The summed E-state index contributed by atoms with van der Waals surface area (Å²) in [6.45, 7) is 7.68. The fourth-order valence-electron chi connectivity index (χ4n) is 0.752. The van der Waals surface area contributed by atoms with Gasteiger partial charge in [0.2, 0.25) is 0 Å². The van der Waals surface area contributed by atoms with Crippen molar-refractivity contribution in [2.75, 3.05) is 7.11 Å². The lowest BCUT2D eigenvalue weighted by atomic mass is 10.00. The number of halogens is 1. The zero-order valence-corrected chi connectivity index (χ0v) is 9.78. The molecule has 70 valence electrons. The van der Waals surface area contributed by atoms with E-state index in [4.69, 9.17) is 0 Å². The number of hydrogen-bond donors (Lipinski definition) is 0. The highest BCUT2D eigenvalue weighted by Crippen LogP contribution is 2.28. The van der Waals surface area contributed by atoms with Crippen molar-refractivity contribution in [1.29, 1.82) is 0 Å². The molecule has 0 bridgehead atoms. The van der Waals surface area contributed by atoms with Crippen LogP contribution in [0, 0.1) is 0 Å². The Hall–Kier alpha value is -0.310. The van der Waals surface area contributed by atoms with Crippen molar-refractivity contribution in [3.8, 4) is 0 Å². The van der Waals surface area contributed by atoms with Gasteiger partial charge in [-0.15, -0.1) is 0 Å². The molecule has 0 fully saturated rings. The monoisotopic (exact) mass is 234 g/mol. The Morgan fingerprint density at radius 2 is 1.75 bits per heavy atom. The number of hydrogen-bond acceptors (Lipinski definition) is 2. The predicted molar refractivity (Wildman–Crippen MR) is 53.4 cm³/mol.